The third kappa shape index (κ3) is 2.89. The highest BCUT2D eigenvalue weighted by atomic mass is 16.3. The van der Waals surface area contributed by atoms with Gasteiger partial charge >= 0.3 is 0 Å². The molecule has 1 fully saturated rings. The lowest BCUT2D eigenvalue weighted by atomic mass is 9.84. The van der Waals surface area contributed by atoms with Crippen LogP contribution in [0, 0.1) is 6.92 Å². The van der Waals surface area contributed by atoms with Gasteiger partial charge in [0.1, 0.15) is 0 Å². The molecule has 4 nitrogen and oxygen atoms in total. The molecule has 1 aromatic carbocycles. The number of aliphatic hydroxyl groups is 1. The van der Waals surface area contributed by atoms with Crippen LogP contribution in [0.2, 0.25) is 0 Å². The zero-order valence-corrected chi connectivity index (χ0v) is 10.7. The number of carbonyl (C=O) groups is 1. The van der Waals surface area contributed by atoms with Gasteiger partial charge in [-0.05, 0) is 25.3 Å². The van der Waals surface area contributed by atoms with Crippen molar-refractivity contribution in [2.24, 2.45) is 5.73 Å². The largest absolute Gasteiger partial charge is 0.385 e. The van der Waals surface area contributed by atoms with Gasteiger partial charge in [0, 0.05) is 13.1 Å². The third-order valence-corrected chi connectivity index (χ3v) is 3.62. The molecule has 1 aliphatic rings. The first-order valence-electron chi connectivity index (χ1n) is 6.30. The maximum atomic E-state index is 10.9. The Hall–Kier alpha value is -1.39. The Kier molecular flexibility index (Phi) is 3.68. The van der Waals surface area contributed by atoms with Crippen LogP contribution in [-0.2, 0) is 10.4 Å². The highest BCUT2D eigenvalue weighted by Gasteiger charge is 2.34. The van der Waals surface area contributed by atoms with Crippen molar-refractivity contribution in [1.82, 2.24) is 4.90 Å². The molecule has 3 N–H and O–H groups in total. The smallest absolute Gasteiger partial charge is 0.231 e. The van der Waals surface area contributed by atoms with Crippen LogP contribution in [0.25, 0.3) is 0 Å². The maximum absolute atomic E-state index is 10.9. The van der Waals surface area contributed by atoms with Crippen molar-refractivity contribution in [3.63, 3.8) is 0 Å². The van der Waals surface area contributed by atoms with E-state index >= 15 is 0 Å². The van der Waals surface area contributed by atoms with E-state index in [-0.39, 0.29) is 12.5 Å². The van der Waals surface area contributed by atoms with E-state index in [1.807, 2.05) is 36.1 Å². The van der Waals surface area contributed by atoms with Gasteiger partial charge in [-0.2, -0.15) is 0 Å². The van der Waals surface area contributed by atoms with Crippen LogP contribution < -0.4 is 5.73 Å². The van der Waals surface area contributed by atoms with E-state index in [4.69, 9.17) is 5.73 Å². The molecule has 4 heteroatoms. The molecule has 0 bridgehead atoms. The monoisotopic (exact) mass is 248 g/mol. The van der Waals surface area contributed by atoms with Gasteiger partial charge < -0.3 is 10.8 Å². The number of carbonyl (C=O) groups excluding carboxylic acids is 1. The van der Waals surface area contributed by atoms with Gasteiger partial charge in [-0.15, -0.1) is 0 Å². The molecule has 1 aromatic rings. The fraction of sp³-hybridized carbons (Fsp3) is 0.500. The lowest BCUT2D eigenvalue weighted by Gasteiger charge is -2.38. The van der Waals surface area contributed by atoms with E-state index in [0.29, 0.717) is 25.9 Å². The second kappa shape index (κ2) is 5.08. The van der Waals surface area contributed by atoms with E-state index in [1.54, 1.807) is 0 Å². The zero-order valence-electron chi connectivity index (χ0n) is 10.7. The number of likely N-dealkylation sites (tertiary alicyclic amines) is 1. The molecule has 0 atom stereocenters. The van der Waals surface area contributed by atoms with Crippen molar-refractivity contribution in [1.29, 1.82) is 0 Å². The summed E-state index contributed by atoms with van der Waals surface area (Å²) in [5, 5.41) is 10.7. The minimum absolute atomic E-state index is 0.282. The molecular formula is C14H20N2O2. The summed E-state index contributed by atoms with van der Waals surface area (Å²) in [6.07, 6.45) is 1.29. The van der Waals surface area contributed by atoms with Crippen LogP contribution in [-0.4, -0.2) is 35.5 Å². The van der Waals surface area contributed by atoms with Crippen LogP contribution in [0.4, 0.5) is 0 Å². The number of hydrogen-bond donors (Lipinski definition) is 2. The average Bonchev–Trinajstić information content (AvgIpc) is 2.32. The van der Waals surface area contributed by atoms with E-state index in [2.05, 4.69) is 0 Å². The summed E-state index contributed by atoms with van der Waals surface area (Å²) in [6, 6.07) is 7.99. The molecule has 98 valence electrons. The van der Waals surface area contributed by atoms with E-state index in [0.717, 1.165) is 11.1 Å². The SMILES string of the molecule is Cc1cccc(C2(O)CCN(CC(N)=O)CC2)c1. The van der Waals surface area contributed by atoms with Crippen molar-refractivity contribution >= 4 is 5.91 Å². The van der Waals surface area contributed by atoms with Crippen LogP contribution in [0.5, 0.6) is 0 Å². The molecule has 0 aromatic heterocycles. The number of aryl methyl sites for hydroxylation is 1. The molecule has 1 heterocycles. The molecule has 0 spiro atoms. The number of primary amides is 1. The fourth-order valence-corrected chi connectivity index (χ4v) is 2.52. The highest BCUT2D eigenvalue weighted by molar-refractivity contribution is 5.75. The molecule has 0 aliphatic carbocycles. The van der Waals surface area contributed by atoms with Gasteiger partial charge in [0.15, 0.2) is 0 Å². The molecule has 2 rings (SSSR count). The Labute approximate surface area is 107 Å². The van der Waals surface area contributed by atoms with Crippen LogP contribution in [0.1, 0.15) is 24.0 Å². The van der Waals surface area contributed by atoms with Crippen molar-refractivity contribution in [2.45, 2.75) is 25.4 Å². The number of benzene rings is 1. The molecule has 1 saturated heterocycles. The fourth-order valence-electron chi connectivity index (χ4n) is 2.52. The number of nitrogens with zero attached hydrogens (tertiary/aromatic N) is 1. The Morgan fingerprint density at radius 3 is 2.67 bits per heavy atom. The highest BCUT2D eigenvalue weighted by Crippen LogP contribution is 2.32. The van der Waals surface area contributed by atoms with Gasteiger partial charge in [-0.3, -0.25) is 9.69 Å². The number of amides is 1. The quantitative estimate of drug-likeness (QED) is 0.830. The lowest BCUT2D eigenvalue weighted by Crippen LogP contribution is -2.45. The van der Waals surface area contributed by atoms with Gasteiger partial charge in [0.2, 0.25) is 5.91 Å². The Morgan fingerprint density at radius 2 is 2.11 bits per heavy atom. The maximum Gasteiger partial charge on any atom is 0.231 e. The van der Waals surface area contributed by atoms with Gasteiger partial charge in [-0.25, -0.2) is 0 Å². The normalized spacial score (nSPS) is 19.7. The Morgan fingerprint density at radius 1 is 1.44 bits per heavy atom. The first-order chi connectivity index (χ1) is 8.49. The molecular weight excluding hydrogens is 228 g/mol. The first-order valence-corrected chi connectivity index (χ1v) is 6.30. The van der Waals surface area contributed by atoms with Crippen molar-refractivity contribution < 1.29 is 9.90 Å². The summed E-state index contributed by atoms with van der Waals surface area (Å²) in [7, 11) is 0. The molecule has 0 radical (unpaired) electrons. The summed E-state index contributed by atoms with van der Waals surface area (Å²) < 4.78 is 0. The molecule has 1 aliphatic heterocycles. The second-order valence-electron chi connectivity index (χ2n) is 5.14. The standard InChI is InChI=1S/C14H20N2O2/c1-11-3-2-4-12(9-11)14(18)5-7-16(8-6-14)10-13(15)17/h2-4,9,18H,5-8,10H2,1H3,(H2,15,17). The minimum Gasteiger partial charge on any atom is -0.385 e. The third-order valence-electron chi connectivity index (χ3n) is 3.62. The average molecular weight is 248 g/mol. The predicted molar refractivity (Wildman–Crippen MR) is 69.9 cm³/mol. The van der Waals surface area contributed by atoms with Gasteiger partial charge in [0.25, 0.3) is 0 Å². The van der Waals surface area contributed by atoms with E-state index < -0.39 is 5.60 Å². The van der Waals surface area contributed by atoms with Gasteiger partial charge in [0.05, 0.1) is 12.1 Å². The number of hydrogen-bond acceptors (Lipinski definition) is 3. The summed E-state index contributed by atoms with van der Waals surface area (Å²) >= 11 is 0. The molecule has 0 unspecified atom stereocenters. The van der Waals surface area contributed by atoms with E-state index in [9.17, 15) is 9.90 Å². The summed E-state index contributed by atoms with van der Waals surface area (Å²) in [5.74, 6) is -0.309. The molecule has 0 saturated carbocycles. The number of piperidine rings is 1. The van der Waals surface area contributed by atoms with E-state index in [1.165, 1.54) is 0 Å². The minimum atomic E-state index is -0.764. The van der Waals surface area contributed by atoms with Crippen molar-refractivity contribution in [2.75, 3.05) is 19.6 Å². The number of rotatable bonds is 3. The van der Waals surface area contributed by atoms with Crippen LogP contribution in [0.3, 0.4) is 0 Å². The lowest BCUT2D eigenvalue weighted by molar-refractivity contribution is -0.120. The topological polar surface area (TPSA) is 66.6 Å². The zero-order chi connectivity index (χ0) is 13.2. The van der Waals surface area contributed by atoms with Crippen molar-refractivity contribution in [3.8, 4) is 0 Å². The Balaban J connectivity index is 2.05. The van der Waals surface area contributed by atoms with Gasteiger partial charge in [-0.1, -0.05) is 29.8 Å². The summed E-state index contributed by atoms with van der Waals surface area (Å²) in [5.41, 5.74) is 6.54. The van der Waals surface area contributed by atoms with Crippen LogP contribution in [0.15, 0.2) is 24.3 Å². The van der Waals surface area contributed by atoms with Crippen LogP contribution >= 0.6 is 0 Å². The summed E-state index contributed by atoms with van der Waals surface area (Å²) in [6.45, 7) is 3.71. The summed E-state index contributed by atoms with van der Waals surface area (Å²) in [4.78, 5) is 12.9. The molecule has 1 amide bonds. The molecule has 18 heavy (non-hydrogen) atoms. The first kappa shape index (κ1) is 13.1. The predicted octanol–water partition coefficient (Wildman–Crippen LogP) is 0.764. The number of nitrogens with two attached hydrogens (primary N) is 1. The second-order valence-corrected chi connectivity index (χ2v) is 5.14. The van der Waals surface area contributed by atoms with Crippen molar-refractivity contribution in [3.05, 3.63) is 35.4 Å². The Bertz CT molecular complexity index is 437.